The normalized spacial score (nSPS) is 42.3. The highest BCUT2D eigenvalue weighted by molar-refractivity contribution is 5.41. The molecule has 0 saturated carbocycles. The summed E-state index contributed by atoms with van der Waals surface area (Å²) in [5, 5.41) is 0. The van der Waals surface area contributed by atoms with Crippen LogP contribution in [0.15, 0.2) is 30.3 Å². The van der Waals surface area contributed by atoms with Crippen molar-refractivity contribution < 1.29 is 37.9 Å². The summed E-state index contributed by atoms with van der Waals surface area (Å²) in [6.45, 7) is 9.39. The highest BCUT2D eigenvalue weighted by atomic mass is 16.7. The number of hydrogen-bond donors (Lipinski definition) is 0. The van der Waals surface area contributed by atoms with Gasteiger partial charge in [0.05, 0.1) is 46.2 Å². The number of para-hydroxylation sites is 1. The van der Waals surface area contributed by atoms with Crippen LogP contribution < -0.4 is 4.74 Å². The fraction of sp³-hybridized carbons (Fsp3) is 0.821. The Morgan fingerprint density at radius 2 is 1.11 bits per heavy atom. The molecule has 8 heteroatoms. The summed E-state index contributed by atoms with van der Waals surface area (Å²) in [5.74, 6) is 0.888. The van der Waals surface area contributed by atoms with Gasteiger partial charge in [0, 0.05) is 44.9 Å². The van der Waals surface area contributed by atoms with Crippen LogP contribution in [0, 0.1) is 6.10 Å². The molecule has 7 aliphatic heterocycles. The molecule has 0 aromatic heterocycles. The quantitative estimate of drug-likeness (QED) is 0.153. The lowest BCUT2D eigenvalue weighted by molar-refractivity contribution is -0.504. The zero-order chi connectivity index (χ0) is 32.1. The Labute approximate surface area is 281 Å². The zero-order valence-corrected chi connectivity index (χ0v) is 28.9. The third-order valence-electron chi connectivity index (χ3n) is 13.7. The average Bonchev–Trinajstić information content (AvgIpc) is 2.92. The van der Waals surface area contributed by atoms with E-state index in [4.69, 9.17) is 37.9 Å². The van der Waals surface area contributed by atoms with Crippen molar-refractivity contribution in [1.29, 1.82) is 0 Å². The summed E-state index contributed by atoms with van der Waals surface area (Å²) in [7, 11) is 0. The van der Waals surface area contributed by atoms with E-state index >= 15 is 0 Å². The Morgan fingerprint density at radius 3 is 1.51 bits per heavy atom. The smallest absolute Gasteiger partial charge is 0.142 e. The number of ether oxygens (including phenoxy) is 8. The summed E-state index contributed by atoms with van der Waals surface area (Å²) in [5.41, 5.74) is -4.82. The molecule has 261 valence electrons. The predicted molar refractivity (Wildman–Crippen MR) is 176 cm³/mol. The summed E-state index contributed by atoms with van der Waals surface area (Å²) < 4.78 is 55.3. The molecule has 0 amide bonds. The Kier molecular flexibility index (Phi) is 8.76. The van der Waals surface area contributed by atoms with Crippen LogP contribution in [0.5, 0.6) is 5.75 Å². The van der Waals surface area contributed by atoms with Gasteiger partial charge in [-0.25, -0.2) is 0 Å². The van der Waals surface area contributed by atoms with Crippen molar-refractivity contribution in [3.05, 3.63) is 36.4 Å². The highest BCUT2D eigenvalue weighted by Crippen LogP contribution is 2.73. The Morgan fingerprint density at radius 1 is 0.596 bits per heavy atom. The Hall–Kier alpha value is -1.26. The molecule has 1 radical (unpaired) electrons. The van der Waals surface area contributed by atoms with Crippen molar-refractivity contribution in [2.45, 2.75) is 156 Å². The Balaban J connectivity index is 1.19. The maximum atomic E-state index is 7.32. The van der Waals surface area contributed by atoms with Crippen molar-refractivity contribution >= 4 is 0 Å². The summed E-state index contributed by atoms with van der Waals surface area (Å²) >= 11 is 0. The minimum absolute atomic E-state index is 0.600. The molecule has 8 nitrogen and oxygen atoms in total. The van der Waals surface area contributed by atoms with Crippen LogP contribution in [0.4, 0.5) is 0 Å². The van der Waals surface area contributed by atoms with Crippen LogP contribution in [0.1, 0.15) is 117 Å². The second-order valence-electron chi connectivity index (χ2n) is 15.2. The first-order valence-corrected chi connectivity index (χ1v) is 19.1. The molecule has 7 fully saturated rings. The standard InChI is InChI=1S/C39H57O8/c1-3-5-6-7-8-9-13-17-33(4-2,47-31-14-11-10-12-15-31)35(19-26-42-35)37(21-28-44-37)39(23-30-46-39)38(22-29-45-38)36(20-27-43-36)34(18-25-41-34)32-16-24-40-32/h10-12,14-15H,3-9,13,16-30H2,1-2H3. The summed E-state index contributed by atoms with van der Waals surface area (Å²) in [4.78, 5) is 0. The molecular formula is C39H57O8. The fourth-order valence-electron chi connectivity index (χ4n) is 11.0. The molecule has 1 aromatic carbocycles. The van der Waals surface area contributed by atoms with E-state index in [1.807, 2.05) is 0 Å². The first kappa shape index (κ1) is 32.9. The average molecular weight is 654 g/mol. The van der Waals surface area contributed by atoms with Crippen molar-refractivity contribution in [2.75, 3.05) is 46.2 Å². The number of hydrogen-bond acceptors (Lipinski definition) is 8. The van der Waals surface area contributed by atoms with E-state index in [2.05, 4.69) is 44.2 Å². The van der Waals surface area contributed by atoms with E-state index < -0.39 is 39.2 Å². The van der Waals surface area contributed by atoms with Crippen LogP contribution in [0.3, 0.4) is 0 Å². The lowest BCUT2D eigenvalue weighted by Crippen LogP contribution is -2.97. The molecule has 7 heterocycles. The van der Waals surface area contributed by atoms with Gasteiger partial charge in [0.15, 0.2) is 0 Å². The van der Waals surface area contributed by atoms with Crippen molar-refractivity contribution in [3.8, 4) is 5.75 Å². The van der Waals surface area contributed by atoms with Gasteiger partial charge < -0.3 is 37.9 Å². The lowest BCUT2D eigenvalue weighted by Gasteiger charge is -2.80. The van der Waals surface area contributed by atoms with Crippen LogP contribution in [-0.4, -0.2) is 85.5 Å². The zero-order valence-electron chi connectivity index (χ0n) is 28.9. The van der Waals surface area contributed by atoms with Gasteiger partial charge in [0.1, 0.15) is 51.1 Å². The largest absolute Gasteiger partial charge is 0.484 e. The van der Waals surface area contributed by atoms with E-state index in [1.165, 1.54) is 38.5 Å². The second-order valence-corrected chi connectivity index (χ2v) is 15.2. The highest BCUT2D eigenvalue weighted by Gasteiger charge is 2.90. The molecule has 0 aliphatic carbocycles. The van der Waals surface area contributed by atoms with Gasteiger partial charge >= 0.3 is 0 Å². The third kappa shape index (κ3) is 4.25. The van der Waals surface area contributed by atoms with E-state index in [9.17, 15) is 0 Å². The van der Waals surface area contributed by atoms with Crippen LogP contribution >= 0.6 is 0 Å². The van der Waals surface area contributed by atoms with Gasteiger partial charge in [-0.05, 0) is 31.4 Å². The van der Waals surface area contributed by atoms with Crippen LogP contribution in [0.25, 0.3) is 0 Å². The molecule has 0 bridgehead atoms. The molecule has 7 saturated heterocycles. The van der Waals surface area contributed by atoms with Gasteiger partial charge in [-0.1, -0.05) is 70.6 Å². The Bertz CT molecular complexity index is 1210. The molecule has 0 N–H and O–H groups in total. The molecule has 1 aromatic rings. The second kappa shape index (κ2) is 12.5. The third-order valence-corrected chi connectivity index (χ3v) is 13.7. The van der Waals surface area contributed by atoms with Gasteiger partial charge in [-0.2, -0.15) is 0 Å². The minimum Gasteiger partial charge on any atom is -0.484 e. The molecule has 7 unspecified atom stereocenters. The van der Waals surface area contributed by atoms with Gasteiger partial charge in [-0.3, -0.25) is 0 Å². The molecule has 7 aliphatic rings. The maximum Gasteiger partial charge on any atom is 0.142 e. The lowest BCUT2D eigenvalue weighted by atomic mass is 9.43. The van der Waals surface area contributed by atoms with Crippen molar-refractivity contribution in [2.24, 2.45) is 0 Å². The van der Waals surface area contributed by atoms with Gasteiger partial charge in [0.25, 0.3) is 0 Å². The minimum atomic E-state index is -0.756. The maximum absolute atomic E-state index is 7.32. The molecular weight excluding hydrogens is 596 g/mol. The molecule has 47 heavy (non-hydrogen) atoms. The monoisotopic (exact) mass is 653 g/mol. The summed E-state index contributed by atoms with van der Waals surface area (Å²) in [6.07, 6.45) is 17.5. The molecule has 8 rings (SSSR count). The van der Waals surface area contributed by atoms with Gasteiger partial charge in [0.2, 0.25) is 0 Å². The topological polar surface area (TPSA) is 73.8 Å². The predicted octanol–water partition coefficient (Wildman–Crippen LogP) is 7.26. The van der Waals surface area contributed by atoms with Crippen molar-refractivity contribution in [1.82, 2.24) is 0 Å². The number of unbranched alkanes of at least 4 members (excludes halogenated alkanes) is 6. The number of rotatable bonds is 18. The van der Waals surface area contributed by atoms with E-state index in [0.717, 1.165) is 82.7 Å². The van der Waals surface area contributed by atoms with Crippen molar-refractivity contribution in [3.63, 3.8) is 0 Å². The molecule has 7 atom stereocenters. The first-order chi connectivity index (χ1) is 23.0. The molecule has 0 spiro atoms. The summed E-state index contributed by atoms with van der Waals surface area (Å²) in [6, 6.07) is 10.4. The van der Waals surface area contributed by atoms with E-state index in [-0.39, 0.29) is 0 Å². The SMILES string of the molecule is CCCCCCCCCC(CC)(Oc1ccccc1)C1(C2(C3(C4(C5(C6([C]7CCO7)CCO6)CCO5)CCO4)CCO3)CCO2)CCO1. The van der Waals surface area contributed by atoms with Gasteiger partial charge in [-0.15, -0.1) is 0 Å². The fourth-order valence-corrected chi connectivity index (χ4v) is 11.0. The van der Waals surface area contributed by atoms with Crippen LogP contribution in [0.2, 0.25) is 0 Å². The number of benzene rings is 1. The van der Waals surface area contributed by atoms with E-state index in [1.54, 1.807) is 0 Å². The van der Waals surface area contributed by atoms with Crippen LogP contribution in [-0.2, 0) is 33.2 Å². The first-order valence-electron chi connectivity index (χ1n) is 19.1. The van der Waals surface area contributed by atoms with E-state index in [0.29, 0.717) is 39.6 Å².